The Balaban J connectivity index is 1.49. The van der Waals surface area contributed by atoms with Crippen LogP contribution in [0.3, 0.4) is 0 Å². The molecule has 2 aromatic heterocycles. The van der Waals surface area contributed by atoms with Gasteiger partial charge < -0.3 is 24.9 Å². The Kier molecular flexibility index (Phi) is 7.16. The van der Waals surface area contributed by atoms with Crippen molar-refractivity contribution in [3.05, 3.63) is 101 Å². The van der Waals surface area contributed by atoms with Crippen LogP contribution in [0.2, 0.25) is 0 Å². The third-order valence-corrected chi connectivity index (χ3v) is 7.24. The first-order valence-electron chi connectivity index (χ1n) is 12.9. The number of hydrogen-bond acceptors (Lipinski definition) is 4. The van der Waals surface area contributed by atoms with Crippen molar-refractivity contribution in [1.82, 2.24) is 15.0 Å². The maximum absolute atomic E-state index is 15.0. The number of halogens is 2. The van der Waals surface area contributed by atoms with E-state index in [4.69, 9.17) is 9.84 Å². The minimum absolute atomic E-state index is 0.0298. The van der Waals surface area contributed by atoms with Crippen LogP contribution in [0.25, 0.3) is 22.3 Å². The lowest BCUT2D eigenvalue weighted by molar-refractivity contribution is -0.136. The van der Waals surface area contributed by atoms with Crippen LogP contribution in [-0.2, 0) is 16.8 Å². The molecule has 1 unspecified atom stereocenters. The van der Waals surface area contributed by atoms with E-state index >= 15 is 4.39 Å². The molecule has 0 radical (unpaired) electrons. The highest BCUT2D eigenvalue weighted by molar-refractivity contribution is 5.85. The van der Waals surface area contributed by atoms with Gasteiger partial charge in [0.15, 0.2) is 11.6 Å². The fourth-order valence-corrected chi connectivity index (χ4v) is 4.98. The lowest BCUT2D eigenvalue weighted by atomic mass is 9.80. The van der Waals surface area contributed by atoms with Gasteiger partial charge in [0.05, 0.1) is 17.5 Å². The highest BCUT2D eigenvalue weighted by Crippen LogP contribution is 2.39. The molecule has 4 N–H and O–H groups in total. The molecule has 0 spiro atoms. The van der Waals surface area contributed by atoms with Crippen molar-refractivity contribution < 1.29 is 28.5 Å². The van der Waals surface area contributed by atoms with Gasteiger partial charge in [-0.2, -0.15) is 0 Å². The second kappa shape index (κ2) is 10.6. The molecule has 0 saturated heterocycles. The van der Waals surface area contributed by atoms with Crippen LogP contribution in [-0.4, -0.2) is 31.1 Å². The smallest absolute Gasteiger partial charge is 0.303 e. The van der Waals surface area contributed by atoms with Gasteiger partial charge in [0, 0.05) is 35.2 Å². The molecule has 0 bridgehead atoms. The van der Waals surface area contributed by atoms with Crippen LogP contribution in [0.5, 0.6) is 11.5 Å². The molecule has 0 aliphatic rings. The Labute approximate surface area is 229 Å². The third-order valence-electron chi connectivity index (χ3n) is 7.24. The summed E-state index contributed by atoms with van der Waals surface area (Å²) in [5.41, 5.74) is 1.51. The summed E-state index contributed by atoms with van der Waals surface area (Å²) in [5.74, 6) is -1.92. The largest absolute Gasteiger partial charge is 0.481 e. The Bertz CT molecular complexity index is 1710. The third kappa shape index (κ3) is 4.96. The Hall–Kier alpha value is -4.50. The number of benzene rings is 3. The second-order valence-electron chi connectivity index (χ2n) is 10.2. The number of aliphatic hydroxyl groups is 1. The topological polar surface area (TPSA) is 111 Å². The average molecular weight is 546 g/mol. The molecule has 5 aromatic rings. The van der Waals surface area contributed by atoms with E-state index in [1.54, 1.807) is 31.3 Å². The van der Waals surface area contributed by atoms with Crippen LogP contribution in [0.4, 0.5) is 8.78 Å². The number of aliphatic carboxylic acids is 1. The maximum atomic E-state index is 15.0. The number of fused-ring (bicyclic) bond motifs is 1. The van der Waals surface area contributed by atoms with Gasteiger partial charge in [0.1, 0.15) is 23.0 Å². The van der Waals surface area contributed by atoms with E-state index in [-0.39, 0.29) is 35.2 Å². The Morgan fingerprint density at radius 2 is 1.90 bits per heavy atom. The number of carboxylic acid groups (broad SMARTS) is 1. The molecule has 9 heteroatoms. The lowest BCUT2D eigenvalue weighted by Gasteiger charge is -2.32. The molecule has 1 atom stereocenters. The highest BCUT2D eigenvalue weighted by atomic mass is 19.1. The SMILES string of the molecule is Cc1c(Oc2ccc(F)c(-c3ncc(C(O)(c4cccc(CCC(=O)O)c4)C(C)C)[nH]3)c2)c(F)cc2[nH]ccc12. The summed E-state index contributed by atoms with van der Waals surface area (Å²) in [5, 5.41) is 21.7. The molecule has 7 nitrogen and oxygen atoms in total. The number of H-pyrrole nitrogens is 2. The zero-order chi connectivity index (χ0) is 28.6. The van der Waals surface area contributed by atoms with E-state index in [0.717, 1.165) is 10.9 Å². The molecular weight excluding hydrogens is 516 g/mol. The molecule has 3 aromatic carbocycles. The van der Waals surface area contributed by atoms with E-state index in [2.05, 4.69) is 15.0 Å². The summed E-state index contributed by atoms with van der Waals surface area (Å²) in [6, 6.07) is 14.4. The average Bonchev–Trinajstić information content (AvgIpc) is 3.61. The predicted octanol–water partition coefficient (Wildman–Crippen LogP) is 6.85. The highest BCUT2D eigenvalue weighted by Gasteiger charge is 2.37. The quantitative estimate of drug-likeness (QED) is 0.162. The van der Waals surface area contributed by atoms with Gasteiger partial charge in [-0.15, -0.1) is 0 Å². The second-order valence-corrected chi connectivity index (χ2v) is 10.2. The van der Waals surface area contributed by atoms with Crippen molar-refractivity contribution in [3.63, 3.8) is 0 Å². The lowest BCUT2D eigenvalue weighted by Crippen LogP contribution is -2.34. The van der Waals surface area contributed by atoms with E-state index in [0.29, 0.717) is 28.8 Å². The van der Waals surface area contributed by atoms with Gasteiger partial charge in [0.2, 0.25) is 0 Å². The number of rotatable bonds is 9. The molecule has 0 aliphatic carbocycles. The minimum atomic E-state index is -1.51. The normalized spacial score (nSPS) is 13.1. The molecule has 0 amide bonds. The summed E-state index contributed by atoms with van der Waals surface area (Å²) >= 11 is 0. The van der Waals surface area contributed by atoms with E-state index in [1.807, 2.05) is 26.0 Å². The number of nitrogens with one attached hydrogen (secondary N) is 2. The van der Waals surface area contributed by atoms with Gasteiger partial charge >= 0.3 is 5.97 Å². The van der Waals surface area contributed by atoms with Crippen molar-refractivity contribution in [2.45, 2.75) is 39.2 Å². The van der Waals surface area contributed by atoms with Crippen LogP contribution < -0.4 is 4.74 Å². The number of carbonyl (C=O) groups is 1. The van der Waals surface area contributed by atoms with E-state index in [1.165, 1.54) is 30.5 Å². The molecule has 206 valence electrons. The van der Waals surface area contributed by atoms with Crippen molar-refractivity contribution in [2.75, 3.05) is 0 Å². The first-order chi connectivity index (χ1) is 19.1. The summed E-state index contributed by atoms with van der Waals surface area (Å²) in [6.07, 6.45) is 3.46. The molecular formula is C31H29F2N3O4. The van der Waals surface area contributed by atoms with Crippen molar-refractivity contribution >= 4 is 16.9 Å². The predicted molar refractivity (Wildman–Crippen MR) is 147 cm³/mol. The molecule has 2 heterocycles. The summed E-state index contributed by atoms with van der Waals surface area (Å²) in [7, 11) is 0. The van der Waals surface area contributed by atoms with E-state index < -0.39 is 23.2 Å². The number of ether oxygens (including phenoxy) is 1. The van der Waals surface area contributed by atoms with Crippen LogP contribution in [0.15, 0.2) is 67.0 Å². The summed E-state index contributed by atoms with van der Waals surface area (Å²) in [6.45, 7) is 5.44. The van der Waals surface area contributed by atoms with Gasteiger partial charge in [-0.3, -0.25) is 4.79 Å². The zero-order valence-corrected chi connectivity index (χ0v) is 22.3. The summed E-state index contributed by atoms with van der Waals surface area (Å²) in [4.78, 5) is 21.4. The Morgan fingerprint density at radius 3 is 2.65 bits per heavy atom. The zero-order valence-electron chi connectivity index (χ0n) is 22.3. The number of aromatic nitrogens is 3. The number of nitrogens with zero attached hydrogens (tertiary/aromatic N) is 1. The molecule has 0 fully saturated rings. The van der Waals surface area contributed by atoms with Gasteiger partial charge in [-0.25, -0.2) is 13.8 Å². The maximum Gasteiger partial charge on any atom is 0.303 e. The van der Waals surface area contributed by atoms with Crippen molar-refractivity contribution in [1.29, 1.82) is 0 Å². The van der Waals surface area contributed by atoms with Gasteiger partial charge in [-0.1, -0.05) is 38.1 Å². The fourth-order valence-electron chi connectivity index (χ4n) is 4.98. The number of aryl methyl sites for hydroxylation is 2. The molecule has 5 rings (SSSR count). The summed E-state index contributed by atoms with van der Waals surface area (Å²) < 4.78 is 35.7. The number of carboxylic acids is 1. The van der Waals surface area contributed by atoms with Crippen LogP contribution >= 0.6 is 0 Å². The van der Waals surface area contributed by atoms with Crippen LogP contribution in [0, 0.1) is 24.5 Å². The van der Waals surface area contributed by atoms with Crippen molar-refractivity contribution in [3.8, 4) is 22.9 Å². The fraction of sp³-hybridized carbons (Fsp3) is 0.226. The number of imidazole rings is 1. The number of aromatic amines is 2. The Morgan fingerprint density at radius 1 is 1.10 bits per heavy atom. The van der Waals surface area contributed by atoms with Gasteiger partial charge in [-0.05, 0) is 54.7 Å². The minimum Gasteiger partial charge on any atom is -0.481 e. The molecule has 0 saturated carbocycles. The first kappa shape index (κ1) is 27.1. The first-order valence-corrected chi connectivity index (χ1v) is 12.9. The van der Waals surface area contributed by atoms with Gasteiger partial charge in [0.25, 0.3) is 0 Å². The number of hydrogen-bond donors (Lipinski definition) is 4. The van der Waals surface area contributed by atoms with Crippen molar-refractivity contribution in [2.24, 2.45) is 5.92 Å². The standard InChI is InChI=1S/C31H29F2N3O4/c1-17(2)31(39,20-6-4-5-19(13-20)7-10-28(37)38)27-16-35-30(36-27)23-14-21(8-9-24(23)32)40-29-18(3)22-11-12-34-26(22)15-25(29)33/h4-6,8-9,11-17,34,39H,7,10H2,1-3H3,(H,35,36)(H,37,38). The van der Waals surface area contributed by atoms with E-state index in [9.17, 15) is 14.3 Å². The molecule has 40 heavy (non-hydrogen) atoms. The molecule has 0 aliphatic heterocycles. The van der Waals surface area contributed by atoms with Crippen LogP contribution in [0.1, 0.15) is 42.7 Å². The monoisotopic (exact) mass is 545 g/mol.